The van der Waals surface area contributed by atoms with Crippen LogP contribution in [-0.2, 0) is 20.8 Å². The number of amides is 1. The van der Waals surface area contributed by atoms with E-state index in [1.54, 1.807) is 54.9 Å². The summed E-state index contributed by atoms with van der Waals surface area (Å²) >= 11 is 0. The molecule has 0 aliphatic carbocycles. The molecule has 7 nitrogen and oxygen atoms in total. The molecule has 178 valence electrons. The maximum Gasteiger partial charge on any atom is 1.00 e. The number of carbonyl (C=O) groups excluding carboxylic acids is 3. The Bertz CT molecular complexity index is 1480. The minimum Gasteiger partial charge on any atom is -0.548 e. The molecule has 0 aliphatic rings. The zero-order valence-corrected chi connectivity index (χ0v) is 25.1. The SMILES string of the molecule is O=C([O-])CN(C(=O)C#Cc1ccc2ccccc2c1)C(Cc1ccc(-c2cccnc2)cc1)C(=O)[O-].[Na+].[Na+]. The van der Waals surface area contributed by atoms with Crippen molar-refractivity contribution in [1.29, 1.82) is 0 Å². The molecule has 0 saturated carbocycles. The number of hydrogen-bond donors (Lipinski definition) is 0. The molecule has 1 unspecified atom stereocenters. The molecular formula is C29H20N2Na2O5. The summed E-state index contributed by atoms with van der Waals surface area (Å²) in [4.78, 5) is 40.9. The summed E-state index contributed by atoms with van der Waals surface area (Å²) in [7, 11) is 0. The maximum atomic E-state index is 12.9. The van der Waals surface area contributed by atoms with E-state index in [0.717, 1.165) is 21.9 Å². The third-order valence-electron chi connectivity index (χ3n) is 5.65. The Morgan fingerprint density at radius 3 is 2.18 bits per heavy atom. The van der Waals surface area contributed by atoms with Crippen LogP contribution in [0.5, 0.6) is 0 Å². The van der Waals surface area contributed by atoms with Gasteiger partial charge in [0.25, 0.3) is 5.91 Å². The number of aliphatic carboxylic acids is 2. The van der Waals surface area contributed by atoms with Gasteiger partial charge in [-0.25, -0.2) is 0 Å². The predicted molar refractivity (Wildman–Crippen MR) is 130 cm³/mol. The summed E-state index contributed by atoms with van der Waals surface area (Å²) in [5.41, 5.74) is 2.88. The van der Waals surface area contributed by atoms with Gasteiger partial charge in [-0.15, -0.1) is 0 Å². The Kier molecular flexibility index (Phi) is 12.2. The van der Waals surface area contributed by atoms with Gasteiger partial charge in [0, 0.05) is 23.9 Å². The third kappa shape index (κ3) is 8.27. The van der Waals surface area contributed by atoms with Crippen LogP contribution in [0.15, 0.2) is 91.3 Å². The molecular weight excluding hydrogens is 502 g/mol. The summed E-state index contributed by atoms with van der Waals surface area (Å²) in [5.74, 6) is 0.926. The Balaban J connectivity index is 0.00000253. The Morgan fingerprint density at radius 1 is 0.842 bits per heavy atom. The molecule has 0 spiro atoms. The summed E-state index contributed by atoms with van der Waals surface area (Å²) in [5, 5.41) is 25.2. The molecule has 4 aromatic rings. The van der Waals surface area contributed by atoms with E-state index in [4.69, 9.17) is 0 Å². The molecule has 38 heavy (non-hydrogen) atoms. The fraction of sp³-hybridized carbons (Fsp3) is 0.103. The van der Waals surface area contributed by atoms with Crippen molar-refractivity contribution >= 4 is 28.6 Å². The Hall–Kier alpha value is -2.96. The first-order valence-electron chi connectivity index (χ1n) is 11.1. The summed E-state index contributed by atoms with van der Waals surface area (Å²) in [6.07, 6.45) is 3.20. The van der Waals surface area contributed by atoms with E-state index in [2.05, 4.69) is 16.8 Å². The van der Waals surface area contributed by atoms with Crippen LogP contribution < -0.4 is 69.3 Å². The molecule has 0 radical (unpaired) electrons. The normalized spacial score (nSPS) is 10.6. The molecule has 0 fully saturated rings. The van der Waals surface area contributed by atoms with E-state index in [1.807, 2.05) is 36.4 Å². The van der Waals surface area contributed by atoms with Crippen molar-refractivity contribution in [2.24, 2.45) is 0 Å². The van der Waals surface area contributed by atoms with Gasteiger partial charge < -0.3 is 24.7 Å². The van der Waals surface area contributed by atoms with Crippen LogP contribution in [0, 0.1) is 11.8 Å². The molecule has 3 aromatic carbocycles. The first-order chi connectivity index (χ1) is 17.4. The van der Waals surface area contributed by atoms with Crippen LogP contribution >= 0.6 is 0 Å². The van der Waals surface area contributed by atoms with Gasteiger partial charge in [0.15, 0.2) is 0 Å². The number of aromatic nitrogens is 1. The number of hydrogen-bond acceptors (Lipinski definition) is 6. The van der Waals surface area contributed by atoms with E-state index in [-0.39, 0.29) is 65.5 Å². The van der Waals surface area contributed by atoms with E-state index >= 15 is 0 Å². The van der Waals surface area contributed by atoms with Gasteiger partial charge in [0.05, 0.1) is 24.5 Å². The van der Waals surface area contributed by atoms with Crippen LogP contribution in [0.3, 0.4) is 0 Å². The van der Waals surface area contributed by atoms with Gasteiger partial charge in [-0.2, -0.15) is 0 Å². The number of nitrogens with zero attached hydrogens (tertiary/aromatic N) is 2. The first-order valence-corrected chi connectivity index (χ1v) is 11.1. The largest absolute Gasteiger partial charge is 1.00 e. The predicted octanol–water partition coefficient (Wildman–Crippen LogP) is -4.80. The summed E-state index contributed by atoms with van der Waals surface area (Å²) in [6, 6.07) is 22.1. The molecule has 9 heteroatoms. The molecule has 0 saturated heterocycles. The quantitative estimate of drug-likeness (QED) is 0.178. The zero-order valence-electron chi connectivity index (χ0n) is 21.1. The van der Waals surface area contributed by atoms with Crippen LogP contribution in [-0.4, -0.2) is 40.3 Å². The third-order valence-corrected chi connectivity index (χ3v) is 5.65. The van der Waals surface area contributed by atoms with E-state index in [9.17, 15) is 24.6 Å². The second kappa shape index (κ2) is 14.8. The van der Waals surface area contributed by atoms with Crippen LogP contribution in [0.1, 0.15) is 11.1 Å². The molecule has 1 atom stereocenters. The van der Waals surface area contributed by atoms with Crippen LogP contribution in [0.2, 0.25) is 0 Å². The smallest absolute Gasteiger partial charge is 0.548 e. The van der Waals surface area contributed by atoms with Gasteiger partial charge in [-0.1, -0.05) is 66.6 Å². The zero-order chi connectivity index (χ0) is 25.5. The number of carboxylic acids is 2. The van der Waals surface area contributed by atoms with Crippen molar-refractivity contribution in [3.8, 4) is 23.0 Å². The average Bonchev–Trinajstić information content (AvgIpc) is 2.89. The maximum absolute atomic E-state index is 12.9. The van der Waals surface area contributed by atoms with Crippen molar-refractivity contribution in [1.82, 2.24) is 9.88 Å². The van der Waals surface area contributed by atoms with Gasteiger partial charge >= 0.3 is 59.1 Å². The molecule has 1 heterocycles. The van der Waals surface area contributed by atoms with Crippen LogP contribution in [0.4, 0.5) is 0 Å². The molecule has 1 amide bonds. The molecule has 1 aromatic heterocycles. The van der Waals surface area contributed by atoms with E-state index in [0.29, 0.717) is 16.0 Å². The molecule has 0 N–H and O–H groups in total. The van der Waals surface area contributed by atoms with Crippen LogP contribution in [0.25, 0.3) is 21.9 Å². The van der Waals surface area contributed by atoms with Gasteiger partial charge in [-0.3, -0.25) is 9.78 Å². The number of pyridine rings is 1. The van der Waals surface area contributed by atoms with Gasteiger partial charge in [-0.05, 0) is 52.1 Å². The fourth-order valence-electron chi connectivity index (χ4n) is 3.84. The molecule has 0 aliphatic heterocycles. The fourth-order valence-corrected chi connectivity index (χ4v) is 3.84. The van der Waals surface area contributed by atoms with Crippen molar-refractivity contribution in [3.63, 3.8) is 0 Å². The van der Waals surface area contributed by atoms with Crippen molar-refractivity contribution < 1.29 is 83.7 Å². The van der Waals surface area contributed by atoms with Crippen molar-refractivity contribution in [2.45, 2.75) is 12.5 Å². The number of carboxylic acid groups (broad SMARTS) is 2. The topological polar surface area (TPSA) is 113 Å². The minimum atomic E-state index is -1.60. The molecule has 0 bridgehead atoms. The summed E-state index contributed by atoms with van der Waals surface area (Å²) in [6.45, 7) is -0.933. The average molecular weight is 522 g/mol. The Morgan fingerprint density at radius 2 is 1.55 bits per heavy atom. The van der Waals surface area contributed by atoms with E-state index < -0.39 is 30.4 Å². The van der Waals surface area contributed by atoms with Crippen molar-refractivity contribution in [3.05, 3.63) is 102 Å². The standard InChI is InChI=1S/C29H22N2O5.2Na/c32-27(14-10-20-7-11-22-4-1-2-5-24(22)16-20)31(19-28(33)34)26(29(35)36)17-21-8-12-23(13-9-21)25-6-3-15-30-18-25;;/h1-9,11-13,15-16,18,26H,17,19H2,(H,33,34)(H,35,36);;/q;2*+1/p-2. The second-order valence-electron chi connectivity index (χ2n) is 8.09. The second-order valence-corrected chi connectivity index (χ2v) is 8.09. The first kappa shape index (κ1) is 31.3. The van der Waals surface area contributed by atoms with Crippen molar-refractivity contribution in [2.75, 3.05) is 6.54 Å². The number of benzene rings is 3. The molecule has 4 rings (SSSR count). The number of fused-ring (bicyclic) bond motifs is 1. The van der Waals surface area contributed by atoms with Gasteiger partial charge in [0.2, 0.25) is 0 Å². The number of rotatable bonds is 7. The monoisotopic (exact) mass is 522 g/mol. The van der Waals surface area contributed by atoms with Gasteiger partial charge in [0.1, 0.15) is 0 Å². The Labute approximate surface area is 264 Å². The minimum absolute atomic E-state index is 0. The summed E-state index contributed by atoms with van der Waals surface area (Å²) < 4.78 is 0. The van der Waals surface area contributed by atoms with E-state index in [1.165, 1.54) is 0 Å². The number of carbonyl (C=O) groups is 3.